The largest absolute Gasteiger partial charge is 1.00 e. The molecule has 9 heavy (non-hydrogen) atoms. The third-order valence-corrected chi connectivity index (χ3v) is 2.96. The van der Waals surface area contributed by atoms with Crippen LogP contribution in [0.25, 0.3) is 0 Å². The van der Waals surface area contributed by atoms with E-state index in [2.05, 4.69) is 13.8 Å². The van der Waals surface area contributed by atoms with E-state index in [0.717, 1.165) is 15.2 Å². The van der Waals surface area contributed by atoms with Gasteiger partial charge in [0.25, 0.3) is 0 Å². The maximum absolute atomic E-state index is 2.27. The fourth-order valence-corrected chi connectivity index (χ4v) is 1.66. The molecule has 0 aliphatic rings. The molecular formula is C6H14AlCl2-. The summed E-state index contributed by atoms with van der Waals surface area (Å²) in [4.78, 5) is 0. The van der Waals surface area contributed by atoms with Gasteiger partial charge in [-0.25, -0.2) is 0 Å². The van der Waals surface area contributed by atoms with Crippen molar-refractivity contribution in [3.05, 3.63) is 0 Å². The summed E-state index contributed by atoms with van der Waals surface area (Å²) < 4.78 is 0. The minimum absolute atomic E-state index is 0. The van der Waals surface area contributed by atoms with Crippen LogP contribution in [-0.4, -0.2) is 15.2 Å². The van der Waals surface area contributed by atoms with Crippen LogP contribution >= 0.6 is 0 Å². The molecule has 0 aliphatic carbocycles. The summed E-state index contributed by atoms with van der Waals surface area (Å²) in [5.41, 5.74) is 0. The first kappa shape index (κ1) is 16.6. The average molecular weight is 184 g/mol. The molecule has 0 unspecified atom stereocenters. The summed E-state index contributed by atoms with van der Waals surface area (Å²) in [7, 11) is 0. The molecule has 0 fully saturated rings. The zero-order chi connectivity index (χ0) is 5.54. The van der Waals surface area contributed by atoms with Crippen LogP contribution in [0.2, 0.25) is 10.6 Å². The third-order valence-electron chi connectivity index (χ3n) is 0.986. The molecule has 56 valence electrons. The van der Waals surface area contributed by atoms with Crippen molar-refractivity contribution in [3.63, 3.8) is 0 Å². The van der Waals surface area contributed by atoms with Crippen LogP contribution in [0.3, 0.4) is 0 Å². The van der Waals surface area contributed by atoms with Gasteiger partial charge in [0.2, 0.25) is 0 Å². The Labute approximate surface area is 77.3 Å². The van der Waals surface area contributed by atoms with E-state index in [1.807, 2.05) is 0 Å². The van der Waals surface area contributed by atoms with Gasteiger partial charge in [0, 0.05) is 0 Å². The summed E-state index contributed by atoms with van der Waals surface area (Å²) in [5, 5.41) is 3.02. The molecule has 0 heterocycles. The molecule has 0 aromatic carbocycles. The first-order valence-corrected chi connectivity index (χ1v) is 4.86. The first-order valence-electron chi connectivity index (χ1n) is 3.23. The van der Waals surface area contributed by atoms with Gasteiger partial charge < -0.3 is 24.8 Å². The molecule has 0 bridgehead atoms. The van der Waals surface area contributed by atoms with Crippen molar-refractivity contribution in [2.45, 2.75) is 37.3 Å². The second-order valence-corrected chi connectivity index (χ2v) is 3.60. The molecule has 0 aliphatic heterocycles. The van der Waals surface area contributed by atoms with E-state index in [4.69, 9.17) is 0 Å². The molecule has 0 saturated carbocycles. The van der Waals surface area contributed by atoms with Crippen LogP contribution in [0.5, 0.6) is 0 Å². The van der Waals surface area contributed by atoms with E-state index in [9.17, 15) is 0 Å². The fraction of sp³-hybridized carbons (Fsp3) is 1.00. The van der Waals surface area contributed by atoms with E-state index in [1.165, 1.54) is 23.4 Å². The van der Waals surface area contributed by atoms with E-state index >= 15 is 0 Å². The number of hydrogen-bond donors (Lipinski definition) is 0. The molecule has 0 amide bonds. The SMILES string of the molecule is CC[CH2][Al+][CH2]CC.[Cl-].[Cl-]. The maximum atomic E-state index is 2.27. The predicted octanol–water partition coefficient (Wildman–Crippen LogP) is -3.64. The molecule has 0 nitrogen and oxygen atoms in total. The van der Waals surface area contributed by atoms with E-state index in [-0.39, 0.29) is 24.8 Å². The number of hydrogen-bond acceptors (Lipinski definition) is 0. The van der Waals surface area contributed by atoms with Crippen LogP contribution in [-0.2, 0) is 0 Å². The van der Waals surface area contributed by atoms with Crippen molar-refractivity contribution in [2.75, 3.05) is 0 Å². The molecule has 0 radical (unpaired) electrons. The van der Waals surface area contributed by atoms with Gasteiger partial charge in [-0.1, -0.05) is 0 Å². The molecule has 0 saturated heterocycles. The zero-order valence-corrected chi connectivity index (χ0v) is 8.83. The van der Waals surface area contributed by atoms with Crippen LogP contribution in [0.15, 0.2) is 0 Å². The summed E-state index contributed by atoms with van der Waals surface area (Å²) in [6.07, 6.45) is 2.80. The van der Waals surface area contributed by atoms with Crippen molar-refractivity contribution in [1.29, 1.82) is 0 Å². The van der Waals surface area contributed by atoms with Crippen LogP contribution < -0.4 is 24.8 Å². The summed E-state index contributed by atoms with van der Waals surface area (Å²) in [5.74, 6) is 0. The second kappa shape index (κ2) is 16.1. The molecule has 0 aromatic heterocycles. The average Bonchev–Trinajstić information content (AvgIpc) is 1.69. The Balaban J connectivity index is -0.000000180. The molecule has 0 N–H and O–H groups in total. The van der Waals surface area contributed by atoms with Gasteiger partial charge in [-0.15, -0.1) is 0 Å². The smallest absolute Gasteiger partial charge is 1.00 e. The van der Waals surface area contributed by atoms with Crippen LogP contribution in [0.4, 0.5) is 0 Å². The van der Waals surface area contributed by atoms with Crippen LogP contribution in [0, 0.1) is 0 Å². The standard InChI is InChI=1S/2C3H7.Al.2ClH/c2*1-3-2;;;/h2*1,3H2,2H3;;2*1H/q;;+1;;/p-2. The van der Waals surface area contributed by atoms with E-state index in [0.29, 0.717) is 0 Å². The normalized spacial score (nSPS) is 6.44. The monoisotopic (exact) mass is 183 g/mol. The Kier molecular flexibility index (Phi) is 29.6. The van der Waals surface area contributed by atoms with Crippen molar-refractivity contribution < 1.29 is 24.8 Å². The summed E-state index contributed by atoms with van der Waals surface area (Å²) >= 11 is 0.822. The van der Waals surface area contributed by atoms with Gasteiger partial charge in [-0.05, 0) is 0 Å². The molecule has 3 heteroatoms. The van der Waals surface area contributed by atoms with Crippen LogP contribution in [0.1, 0.15) is 26.7 Å². The Morgan fingerprint density at radius 2 is 1.22 bits per heavy atom. The minimum Gasteiger partial charge on any atom is -1.00 e. The Hall–Kier alpha value is 1.11. The van der Waals surface area contributed by atoms with Gasteiger partial charge >= 0.3 is 52.5 Å². The van der Waals surface area contributed by atoms with Gasteiger partial charge in [-0.2, -0.15) is 0 Å². The summed E-state index contributed by atoms with van der Waals surface area (Å²) in [6.45, 7) is 4.53. The third kappa shape index (κ3) is 17.6. The number of rotatable bonds is 4. The van der Waals surface area contributed by atoms with Gasteiger partial charge in [0.1, 0.15) is 0 Å². The van der Waals surface area contributed by atoms with Crippen molar-refractivity contribution in [1.82, 2.24) is 0 Å². The maximum Gasteiger partial charge on any atom is -1.00 e. The minimum atomic E-state index is 0. The molecule has 0 rings (SSSR count). The Morgan fingerprint density at radius 3 is 1.44 bits per heavy atom. The van der Waals surface area contributed by atoms with Crippen molar-refractivity contribution in [3.8, 4) is 0 Å². The van der Waals surface area contributed by atoms with Crippen molar-refractivity contribution in [2.24, 2.45) is 0 Å². The second-order valence-electron chi connectivity index (χ2n) is 1.87. The van der Waals surface area contributed by atoms with Crippen molar-refractivity contribution >= 4 is 15.2 Å². The number of halogens is 2. The predicted molar refractivity (Wildman–Crippen MR) is 35.9 cm³/mol. The first-order chi connectivity index (χ1) is 3.41. The molecular weight excluding hydrogens is 170 g/mol. The van der Waals surface area contributed by atoms with E-state index in [1.54, 1.807) is 0 Å². The fourth-order valence-electron chi connectivity index (χ4n) is 0.553. The topological polar surface area (TPSA) is 0 Å². The Morgan fingerprint density at radius 1 is 0.889 bits per heavy atom. The molecule has 0 atom stereocenters. The summed E-state index contributed by atoms with van der Waals surface area (Å²) in [6, 6.07) is 0. The van der Waals surface area contributed by atoms with Gasteiger partial charge in [0.15, 0.2) is 0 Å². The van der Waals surface area contributed by atoms with Gasteiger partial charge in [-0.3, -0.25) is 0 Å². The Bertz CT molecular complexity index is 30.2. The quantitative estimate of drug-likeness (QED) is 0.312. The zero-order valence-electron chi connectivity index (χ0n) is 6.16. The van der Waals surface area contributed by atoms with E-state index < -0.39 is 0 Å². The van der Waals surface area contributed by atoms with Gasteiger partial charge in [0.05, 0.1) is 0 Å². The molecule has 0 spiro atoms. The molecule has 0 aromatic rings.